The molecule has 2 rings (SSSR count). The Morgan fingerprint density at radius 3 is 2.32 bits per heavy atom. The van der Waals surface area contributed by atoms with Crippen molar-refractivity contribution in [1.82, 2.24) is 9.47 Å². The molecule has 118 valence electrons. The molecule has 0 radical (unpaired) electrons. The van der Waals surface area contributed by atoms with E-state index in [0.717, 1.165) is 17.7 Å². The third-order valence-electron chi connectivity index (χ3n) is 4.20. The normalized spacial score (nSPS) is 12.4. The lowest BCUT2D eigenvalue weighted by Gasteiger charge is -2.31. The van der Waals surface area contributed by atoms with Crippen molar-refractivity contribution < 1.29 is 4.79 Å². The van der Waals surface area contributed by atoms with Gasteiger partial charge in [0.15, 0.2) is 0 Å². The molecule has 1 atom stereocenters. The Hall–Kier alpha value is -2.03. The number of aromatic nitrogens is 1. The van der Waals surface area contributed by atoms with Gasteiger partial charge in [-0.2, -0.15) is 0 Å². The maximum absolute atomic E-state index is 13.1. The fourth-order valence-electron chi connectivity index (χ4n) is 2.79. The van der Waals surface area contributed by atoms with Crippen LogP contribution in [0.3, 0.4) is 0 Å². The third kappa shape index (κ3) is 3.59. The van der Waals surface area contributed by atoms with Crippen LogP contribution in [0, 0.1) is 0 Å². The molecular weight excluding hydrogens is 272 g/mol. The van der Waals surface area contributed by atoms with Gasteiger partial charge < -0.3 is 9.47 Å². The van der Waals surface area contributed by atoms with E-state index < -0.39 is 0 Å². The molecule has 1 amide bonds. The number of nitrogens with zero attached hydrogens (tertiary/aromatic N) is 2. The molecule has 0 fully saturated rings. The maximum Gasteiger partial charge on any atom is 0.230 e. The van der Waals surface area contributed by atoms with Crippen LogP contribution in [0.15, 0.2) is 48.7 Å². The van der Waals surface area contributed by atoms with Gasteiger partial charge in [0, 0.05) is 25.0 Å². The van der Waals surface area contributed by atoms with Gasteiger partial charge in [0.2, 0.25) is 5.91 Å². The summed E-state index contributed by atoms with van der Waals surface area (Å²) in [7, 11) is 2.02. The minimum absolute atomic E-state index is 0.0659. The number of hydrogen-bond donors (Lipinski definition) is 0. The molecule has 0 saturated heterocycles. The van der Waals surface area contributed by atoms with Crippen LogP contribution < -0.4 is 0 Å². The molecule has 1 aromatic carbocycles. The van der Waals surface area contributed by atoms with Crippen LogP contribution in [-0.2, 0) is 18.4 Å². The number of aryl methyl sites for hydroxylation is 1. The second kappa shape index (κ2) is 7.30. The summed E-state index contributed by atoms with van der Waals surface area (Å²) in [4.78, 5) is 15.1. The van der Waals surface area contributed by atoms with Crippen molar-refractivity contribution in [3.8, 4) is 0 Å². The van der Waals surface area contributed by atoms with Crippen molar-refractivity contribution in [1.29, 1.82) is 0 Å². The lowest BCUT2D eigenvalue weighted by molar-refractivity contribution is -0.135. The molecule has 22 heavy (non-hydrogen) atoms. The molecule has 0 aliphatic heterocycles. The van der Waals surface area contributed by atoms with Gasteiger partial charge >= 0.3 is 0 Å². The third-order valence-corrected chi connectivity index (χ3v) is 4.20. The zero-order chi connectivity index (χ0) is 16.1. The molecule has 0 aliphatic carbocycles. The van der Waals surface area contributed by atoms with Crippen LogP contribution in [0.2, 0.25) is 0 Å². The molecule has 0 aliphatic rings. The first-order chi connectivity index (χ1) is 10.5. The highest BCUT2D eigenvalue weighted by molar-refractivity contribution is 5.84. The summed E-state index contributed by atoms with van der Waals surface area (Å²) >= 11 is 0. The van der Waals surface area contributed by atoms with E-state index in [1.165, 1.54) is 0 Å². The van der Waals surface area contributed by atoms with Crippen LogP contribution in [0.5, 0.6) is 0 Å². The molecule has 1 aromatic heterocycles. The summed E-state index contributed by atoms with van der Waals surface area (Å²) in [5.41, 5.74) is 2.26. The van der Waals surface area contributed by atoms with Crippen molar-refractivity contribution in [3.05, 3.63) is 59.9 Å². The lowest BCUT2D eigenvalue weighted by Crippen LogP contribution is -2.40. The van der Waals surface area contributed by atoms with E-state index in [2.05, 4.69) is 31.4 Å². The minimum Gasteiger partial charge on any atom is -0.353 e. The Morgan fingerprint density at radius 2 is 1.82 bits per heavy atom. The molecule has 1 heterocycles. The molecule has 3 nitrogen and oxygen atoms in total. The molecule has 1 unspecified atom stereocenters. The van der Waals surface area contributed by atoms with E-state index in [1.54, 1.807) is 0 Å². The van der Waals surface area contributed by atoms with Gasteiger partial charge in [-0.05, 0) is 38.0 Å². The van der Waals surface area contributed by atoms with Gasteiger partial charge in [-0.3, -0.25) is 4.79 Å². The summed E-state index contributed by atoms with van der Waals surface area (Å²) in [5.74, 6) is 0.147. The number of amides is 1. The monoisotopic (exact) mass is 298 g/mol. The molecule has 2 aromatic rings. The van der Waals surface area contributed by atoms with Crippen molar-refractivity contribution in [2.24, 2.45) is 7.05 Å². The molecule has 0 spiro atoms. The Kier molecular flexibility index (Phi) is 5.42. The highest BCUT2D eigenvalue weighted by atomic mass is 16.2. The molecular formula is C19H26N2O. The summed E-state index contributed by atoms with van der Waals surface area (Å²) in [6.45, 7) is 6.90. The van der Waals surface area contributed by atoms with Gasteiger partial charge in [-0.1, -0.05) is 37.3 Å². The Morgan fingerprint density at radius 1 is 1.14 bits per heavy atom. The quantitative estimate of drug-likeness (QED) is 0.792. The Bertz CT molecular complexity index is 601. The standard InChI is InChI=1S/C19H26N2O/c1-5-18(16-10-7-6-8-11-16)19(22)21(15(2)3)14-17-12-9-13-20(17)4/h6-13,15,18H,5,14H2,1-4H3. The Labute approximate surface area is 133 Å². The number of hydrogen-bond acceptors (Lipinski definition) is 1. The van der Waals surface area contributed by atoms with Crippen molar-refractivity contribution >= 4 is 5.91 Å². The number of rotatable bonds is 6. The predicted octanol–water partition coefficient (Wildman–Crippen LogP) is 3.96. The zero-order valence-corrected chi connectivity index (χ0v) is 14.0. The topological polar surface area (TPSA) is 25.2 Å². The fraction of sp³-hybridized carbons (Fsp3) is 0.421. The predicted molar refractivity (Wildman–Crippen MR) is 90.6 cm³/mol. The molecule has 0 N–H and O–H groups in total. The Balaban J connectivity index is 2.23. The molecule has 0 saturated carbocycles. The van der Waals surface area contributed by atoms with E-state index in [1.807, 2.05) is 54.5 Å². The van der Waals surface area contributed by atoms with Crippen LogP contribution >= 0.6 is 0 Å². The van der Waals surface area contributed by atoms with E-state index in [4.69, 9.17) is 0 Å². The van der Waals surface area contributed by atoms with Crippen LogP contribution in [0.25, 0.3) is 0 Å². The van der Waals surface area contributed by atoms with Crippen molar-refractivity contribution in [3.63, 3.8) is 0 Å². The minimum atomic E-state index is -0.0659. The largest absolute Gasteiger partial charge is 0.353 e. The van der Waals surface area contributed by atoms with E-state index in [0.29, 0.717) is 6.54 Å². The average molecular weight is 298 g/mol. The summed E-state index contributed by atoms with van der Waals surface area (Å²) in [6, 6.07) is 14.4. The first-order valence-electron chi connectivity index (χ1n) is 8.00. The number of benzene rings is 1. The van der Waals surface area contributed by atoms with Gasteiger partial charge in [-0.25, -0.2) is 0 Å². The fourth-order valence-corrected chi connectivity index (χ4v) is 2.79. The number of carbonyl (C=O) groups is 1. The number of carbonyl (C=O) groups excluding carboxylic acids is 1. The van der Waals surface area contributed by atoms with Gasteiger partial charge in [0.1, 0.15) is 0 Å². The smallest absolute Gasteiger partial charge is 0.230 e. The summed E-state index contributed by atoms with van der Waals surface area (Å²) in [5, 5.41) is 0. The van der Waals surface area contributed by atoms with E-state index in [9.17, 15) is 4.79 Å². The highest BCUT2D eigenvalue weighted by Gasteiger charge is 2.26. The van der Waals surface area contributed by atoms with Crippen LogP contribution in [0.4, 0.5) is 0 Å². The van der Waals surface area contributed by atoms with Gasteiger partial charge in [0.05, 0.1) is 12.5 Å². The lowest BCUT2D eigenvalue weighted by atomic mass is 9.94. The van der Waals surface area contributed by atoms with Gasteiger partial charge in [0.25, 0.3) is 0 Å². The first kappa shape index (κ1) is 16.3. The first-order valence-corrected chi connectivity index (χ1v) is 8.00. The average Bonchev–Trinajstić information content (AvgIpc) is 2.91. The highest BCUT2D eigenvalue weighted by Crippen LogP contribution is 2.24. The molecule has 3 heteroatoms. The van der Waals surface area contributed by atoms with Crippen molar-refractivity contribution in [2.45, 2.75) is 45.7 Å². The van der Waals surface area contributed by atoms with E-state index in [-0.39, 0.29) is 17.9 Å². The maximum atomic E-state index is 13.1. The van der Waals surface area contributed by atoms with Crippen molar-refractivity contribution in [2.75, 3.05) is 0 Å². The SMILES string of the molecule is CCC(C(=O)N(Cc1cccn1C)C(C)C)c1ccccc1. The van der Waals surface area contributed by atoms with Gasteiger partial charge in [-0.15, -0.1) is 0 Å². The van der Waals surface area contributed by atoms with Crippen LogP contribution in [-0.4, -0.2) is 21.4 Å². The summed E-state index contributed by atoms with van der Waals surface area (Å²) < 4.78 is 2.08. The zero-order valence-electron chi connectivity index (χ0n) is 14.0. The summed E-state index contributed by atoms with van der Waals surface area (Å²) in [6.07, 6.45) is 2.84. The molecule has 0 bridgehead atoms. The van der Waals surface area contributed by atoms with E-state index >= 15 is 0 Å². The second-order valence-corrected chi connectivity index (χ2v) is 6.04. The van der Waals surface area contributed by atoms with Crippen LogP contribution in [0.1, 0.15) is 44.4 Å². The second-order valence-electron chi connectivity index (χ2n) is 6.04.